The molecule has 3 nitrogen and oxygen atoms in total. The Balaban J connectivity index is 1.88. The van der Waals surface area contributed by atoms with Gasteiger partial charge in [0.1, 0.15) is 0 Å². The third kappa shape index (κ3) is 3.69. The summed E-state index contributed by atoms with van der Waals surface area (Å²) in [5.41, 5.74) is 2.44. The van der Waals surface area contributed by atoms with Crippen LogP contribution in [0, 0.1) is 6.92 Å². The summed E-state index contributed by atoms with van der Waals surface area (Å²) in [5.74, 6) is 0. The highest BCUT2D eigenvalue weighted by atomic mass is 79.9. The van der Waals surface area contributed by atoms with Crippen molar-refractivity contribution in [2.45, 2.75) is 13.0 Å². The number of hydrogen-bond donors (Lipinski definition) is 1. The predicted molar refractivity (Wildman–Crippen MR) is 74.6 cm³/mol. The van der Waals surface area contributed by atoms with Crippen LogP contribution >= 0.6 is 15.9 Å². The van der Waals surface area contributed by atoms with E-state index in [9.17, 15) is 0 Å². The van der Waals surface area contributed by atoms with Crippen LogP contribution in [0.2, 0.25) is 0 Å². The van der Waals surface area contributed by atoms with Gasteiger partial charge >= 0.3 is 0 Å². The van der Waals surface area contributed by atoms with Crippen LogP contribution in [-0.4, -0.2) is 44.3 Å². The molecule has 94 valence electrons. The molecular formula is C13H19BrN2O. The van der Waals surface area contributed by atoms with Crippen LogP contribution in [0.1, 0.15) is 5.56 Å². The van der Waals surface area contributed by atoms with Gasteiger partial charge in [-0.25, -0.2) is 0 Å². The molecule has 1 aromatic rings. The molecule has 2 rings (SSSR count). The number of anilines is 1. The molecule has 0 saturated carbocycles. The van der Waals surface area contributed by atoms with Gasteiger partial charge in [-0.2, -0.15) is 0 Å². The van der Waals surface area contributed by atoms with Crippen molar-refractivity contribution in [3.05, 3.63) is 28.2 Å². The third-order valence-corrected chi connectivity index (χ3v) is 3.54. The topological polar surface area (TPSA) is 24.5 Å². The number of benzene rings is 1. The van der Waals surface area contributed by atoms with Crippen molar-refractivity contribution < 1.29 is 4.74 Å². The van der Waals surface area contributed by atoms with Crippen LogP contribution in [0.5, 0.6) is 0 Å². The van der Waals surface area contributed by atoms with Gasteiger partial charge in [0.05, 0.1) is 12.7 Å². The van der Waals surface area contributed by atoms with E-state index in [0.29, 0.717) is 0 Å². The van der Waals surface area contributed by atoms with E-state index in [-0.39, 0.29) is 6.10 Å². The van der Waals surface area contributed by atoms with E-state index in [1.165, 1.54) is 11.3 Å². The zero-order chi connectivity index (χ0) is 12.3. The Morgan fingerprint density at radius 3 is 3.06 bits per heavy atom. The lowest BCUT2D eigenvalue weighted by Crippen LogP contribution is -2.43. The lowest BCUT2D eigenvalue weighted by molar-refractivity contribution is -0.0117. The number of hydrogen-bond acceptors (Lipinski definition) is 3. The minimum Gasteiger partial charge on any atom is -0.382 e. The first kappa shape index (κ1) is 12.9. The van der Waals surface area contributed by atoms with Crippen molar-refractivity contribution in [2.24, 2.45) is 0 Å². The molecule has 1 atom stereocenters. The number of nitrogens with zero attached hydrogens (tertiary/aromatic N) is 1. The molecule has 17 heavy (non-hydrogen) atoms. The van der Waals surface area contributed by atoms with Gasteiger partial charge in [-0.05, 0) is 37.7 Å². The second-order valence-corrected chi connectivity index (χ2v) is 5.51. The molecule has 1 fully saturated rings. The molecule has 0 radical (unpaired) electrons. The minimum absolute atomic E-state index is 0.289. The molecule has 1 aliphatic rings. The fraction of sp³-hybridized carbons (Fsp3) is 0.538. The largest absolute Gasteiger partial charge is 0.382 e. The SMILES string of the molecule is Cc1cc(Br)ccc1NCC1CN(C)CCO1. The van der Waals surface area contributed by atoms with Crippen LogP contribution in [0.15, 0.2) is 22.7 Å². The van der Waals surface area contributed by atoms with Crippen molar-refractivity contribution >= 4 is 21.6 Å². The molecule has 1 saturated heterocycles. The first-order valence-corrected chi connectivity index (χ1v) is 6.74. The zero-order valence-electron chi connectivity index (χ0n) is 10.4. The molecule has 1 heterocycles. The Labute approximate surface area is 111 Å². The van der Waals surface area contributed by atoms with Crippen LogP contribution in [-0.2, 0) is 4.74 Å². The molecule has 4 heteroatoms. The van der Waals surface area contributed by atoms with Crippen LogP contribution in [0.3, 0.4) is 0 Å². The summed E-state index contributed by atoms with van der Waals surface area (Å²) in [4.78, 5) is 2.31. The maximum absolute atomic E-state index is 5.72. The molecule has 0 bridgehead atoms. The lowest BCUT2D eigenvalue weighted by atomic mass is 10.2. The predicted octanol–water partition coefficient (Wildman–Crippen LogP) is 2.50. The maximum Gasteiger partial charge on any atom is 0.0874 e. The van der Waals surface area contributed by atoms with Gasteiger partial charge in [0, 0.05) is 29.8 Å². The summed E-state index contributed by atoms with van der Waals surface area (Å²) in [7, 11) is 2.14. The van der Waals surface area contributed by atoms with Gasteiger partial charge in [0.25, 0.3) is 0 Å². The third-order valence-electron chi connectivity index (χ3n) is 3.05. The van der Waals surface area contributed by atoms with E-state index < -0.39 is 0 Å². The molecule has 0 amide bonds. The van der Waals surface area contributed by atoms with Gasteiger partial charge in [-0.3, -0.25) is 0 Å². The number of nitrogens with one attached hydrogen (secondary N) is 1. The monoisotopic (exact) mass is 298 g/mol. The summed E-state index contributed by atoms with van der Waals surface area (Å²) in [6, 6.07) is 6.28. The summed E-state index contributed by atoms with van der Waals surface area (Å²) in [6.07, 6.45) is 0.289. The number of ether oxygens (including phenoxy) is 1. The Kier molecular flexibility index (Phi) is 4.42. The maximum atomic E-state index is 5.72. The van der Waals surface area contributed by atoms with E-state index in [0.717, 1.165) is 30.7 Å². The summed E-state index contributed by atoms with van der Waals surface area (Å²) in [5, 5.41) is 3.46. The normalized spacial score (nSPS) is 21.5. The van der Waals surface area contributed by atoms with E-state index in [1.807, 2.05) is 0 Å². The Morgan fingerprint density at radius 1 is 1.53 bits per heavy atom. The second kappa shape index (κ2) is 5.85. The molecule has 1 aliphatic heterocycles. The van der Waals surface area contributed by atoms with E-state index in [2.05, 4.69) is 58.3 Å². The lowest BCUT2D eigenvalue weighted by Gasteiger charge is -2.30. The van der Waals surface area contributed by atoms with E-state index in [1.54, 1.807) is 0 Å². The van der Waals surface area contributed by atoms with Crippen molar-refractivity contribution in [1.29, 1.82) is 0 Å². The first-order chi connectivity index (χ1) is 8.15. The number of morpholine rings is 1. The van der Waals surface area contributed by atoms with Gasteiger partial charge < -0.3 is 15.0 Å². The highest BCUT2D eigenvalue weighted by molar-refractivity contribution is 9.10. The number of likely N-dealkylation sites (N-methyl/N-ethyl adjacent to an activating group) is 1. The van der Waals surface area contributed by atoms with Gasteiger partial charge in [0.15, 0.2) is 0 Å². The van der Waals surface area contributed by atoms with Crippen LogP contribution < -0.4 is 5.32 Å². The van der Waals surface area contributed by atoms with Gasteiger partial charge in [0.2, 0.25) is 0 Å². The molecule has 1 N–H and O–H groups in total. The average Bonchev–Trinajstić information content (AvgIpc) is 2.28. The first-order valence-electron chi connectivity index (χ1n) is 5.95. The number of aryl methyl sites for hydroxylation is 1. The van der Waals surface area contributed by atoms with E-state index >= 15 is 0 Å². The molecule has 1 aromatic carbocycles. The summed E-state index contributed by atoms with van der Waals surface area (Å²) >= 11 is 3.47. The standard InChI is InChI=1S/C13H19BrN2O/c1-10-7-11(14)3-4-13(10)15-8-12-9-16(2)5-6-17-12/h3-4,7,12,15H,5-6,8-9H2,1-2H3. The molecule has 0 aromatic heterocycles. The van der Waals surface area contributed by atoms with Crippen molar-refractivity contribution in [3.63, 3.8) is 0 Å². The Hall–Kier alpha value is -0.580. The molecule has 0 spiro atoms. The van der Waals surface area contributed by atoms with E-state index in [4.69, 9.17) is 4.74 Å². The van der Waals surface area contributed by atoms with Gasteiger partial charge in [-0.15, -0.1) is 0 Å². The van der Waals surface area contributed by atoms with Crippen molar-refractivity contribution in [2.75, 3.05) is 38.6 Å². The van der Waals surface area contributed by atoms with Crippen molar-refractivity contribution in [1.82, 2.24) is 4.90 Å². The highest BCUT2D eigenvalue weighted by Crippen LogP contribution is 2.20. The number of rotatable bonds is 3. The molecular weight excluding hydrogens is 280 g/mol. The van der Waals surface area contributed by atoms with Crippen molar-refractivity contribution in [3.8, 4) is 0 Å². The average molecular weight is 299 g/mol. The quantitative estimate of drug-likeness (QED) is 0.928. The molecule has 1 unspecified atom stereocenters. The van der Waals surface area contributed by atoms with Crippen LogP contribution in [0.4, 0.5) is 5.69 Å². The Morgan fingerprint density at radius 2 is 2.35 bits per heavy atom. The van der Waals surface area contributed by atoms with Gasteiger partial charge in [-0.1, -0.05) is 15.9 Å². The number of halogens is 1. The summed E-state index contributed by atoms with van der Waals surface area (Å²) in [6.45, 7) is 5.85. The Bertz CT molecular complexity index is 384. The fourth-order valence-corrected chi connectivity index (χ4v) is 2.52. The summed E-state index contributed by atoms with van der Waals surface area (Å²) < 4.78 is 6.84. The zero-order valence-corrected chi connectivity index (χ0v) is 12.0. The second-order valence-electron chi connectivity index (χ2n) is 4.60. The minimum atomic E-state index is 0.289. The molecule has 0 aliphatic carbocycles. The highest BCUT2D eigenvalue weighted by Gasteiger charge is 2.17. The fourth-order valence-electron chi connectivity index (χ4n) is 2.04. The smallest absolute Gasteiger partial charge is 0.0874 e. The van der Waals surface area contributed by atoms with Crippen LogP contribution in [0.25, 0.3) is 0 Å².